The second kappa shape index (κ2) is 6.28. The van der Waals surface area contributed by atoms with Crippen molar-refractivity contribution in [2.24, 2.45) is 14.1 Å². The second-order valence-electron chi connectivity index (χ2n) is 4.68. The number of aryl methyl sites for hydroxylation is 1. The van der Waals surface area contributed by atoms with Gasteiger partial charge in [0, 0.05) is 14.1 Å². The highest BCUT2D eigenvalue weighted by Gasteiger charge is 2.21. The van der Waals surface area contributed by atoms with E-state index in [-0.39, 0.29) is 36.9 Å². The number of fused-ring (bicyclic) bond motifs is 1. The fourth-order valence-electron chi connectivity index (χ4n) is 2.12. The monoisotopic (exact) mass is 348 g/mol. The Bertz CT molecular complexity index is 890. The standard InChI is InChI=1S/C11H17N4O7P/c1-4-21-10-12-8-7(9(16)14(3)11(17)13(8)2)15(10)5-6-22-23(18,19)20/h4-6H2,1-3H3,(H2,18,19,20). The zero-order chi connectivity index (χ0) is 17.4. The lowest BCUT2D eigenvalue weighted by Gasteiger charge is -2.10. The molecule has 0 amide bonds. The molecule has 2 N–H and O–H groups in total. The Morgan fingerprint density at radius 3 is 2.43 bits per heavy atom. The lowest BCUT2D eigenvalue weighted by atomic mass is 10.5. The molecule has 0 aliphatic rings. The molecule has 2 heterocycles. The van der Waals surface area contributed by atoms with Gasteiger partial charge in [0.2, 0.25) is 0 Å². The van der Waals surface area contributed by atoms with Gasteiger partial charge in [0.1, 0.15) is 0 Å². The largest absolute Gasteiger partial charge is 0.469 e. The normalized spacial score (nSPS) is 12.0. The molecular weight excluding hydrogens is 331 g/mol. The Morgan fingerprint density at radius 2 is 1.87 bits per heavy atom. The molecule has 11 nitrogen and oxygen atoms in total. The maximum absolute atomic E-state index is 12.3. The van der Waals surface area contributed by atoms with Gasteiger partial charge in [0.25, 0.3) is 11.6 Å². The number of imidazole rings is 1. The minimum atomic E-state index is -4.63. The van der Waals surface area contributed by atoms with Gasteiger partial charge in [0.15, 0.2) is 11.2 Å². The van der Waals surface area contributed by atoms with Crippen LogP contribution in [0, 0.1) is 0 Å². The van der Waals surface area contributed by atoms with Crippen molar-refractivity contribution in [3.8, 4) is 6.01 Å². The minimum Gasteiger partial charge on any atom is -0.465 e. The highest BCUT2D eigenvalue weighted by molar-refractivity contribution is 7.46. The second-order valence-corrected chi connectivity index (χ2v) is 5.92. The van der Waals surface area contributed by atoms with E-state index in [4.69, 9.17) is 14.5 Å². The first-order chi connectivity index (χ1) is 10.7. The predicted octanol–water partition coefficient (Wildman–Crippen LogP) is -1.06. The number of nitrogens with zero attached hydrogens (tertiary/aromatic N) is 4. The molecule has 0 bridgehead atoms. The van der Waals surface area contributed by atoms with E-state index in [9.17, 15) is 14.2 Å². The van der Waals surface area contributed by atoms with Crippen molar-refractivity contribution < 1.29 is 23.6 Å². The molecule has 128 valence electrons. The molecule has 0 saturated carbocycles. The van der Waals surface area contributed by atoms with E-state index in [2.05, 4.69) is 9.51 Å². The molecule has 0 atom stereocenters. The molecule has 2 aromatic rings. The third kappa shape index (κ3) is 3.37. The van der Waals surface area contributed by atoms with Crippen LogP contribution in [0.25, 0.3) is 11.2 Å². The van der Waals surface area contributed by atoms with E-state index in [0.717, 1.165) is 4.57 Å². The van der Waals surface area contributed by atoms with E-state index in [1.165, 1.54) is 23.2 Å². The molecule has 0 aromatic carbocycles. The average Bonchev–Trinajstić information content (AvgIpc) is 2.81. The Balaban J connectivity index is 2.60. The summed E-state index contributed by atoms with van der Waals surface area (Å²) in [4.78, 5) is 45.9. The Hall–Kier alpha value is -1.94. The molecule has 0 radical (unpaired) electrons. The summed E-state index contributed by atoms with van der Waals surface area (Å²) in [6.07, 6.45) is 0. The number of hydrogen-bond acceptors (Lipinski definition) is 6. The summed E-state index contributed by atoms with van der Waals surface area (Å²) in [6, 6.07) is 0.0649. The summed E-state index contributed by atoms with van der Waals surface area (Å²) in [5, 5.41) is 0. The Morgan fingerprint density at radius 1 is 1.22 bits per heavy atom. The first kappa shape index (κ1) is 17.4. The van der Waals surface area contributed by atoms with Gasteiger partial charge in [0.05, 0.1) is 19.8 Å². The van der Waals surface area contributed by atoms with Crippen molar-refractivity contribution in [2.45, 2.75) is 13.5 Å². The summed E-state index contributed by atoms with van der Waals surface area (Å²) in [7, 11) is -1.84. The maximum atomic E-state index is 12.3. The van der Waals surface area contributed by atoms with Crippen LogP contribution in [0.1, 0.15) is 6.92 Å². The third-order valence-electron chi connectivity index (χ3n) is 3.16. The lowest BCUT2D eigenvalue weighted by Crippen LogP contribution is -2.37. The molecule has 23 heavy (non-hydrogen) atoms. The molecule has 0 spiro atoms. The molecule has 0 saturated heterocycles. The smallest absolute Gasteiger partial charge is 0.465 e. The van der Waals surface area contributed by atoms with Crippen molar-refractivity contribution in [3.05, 3.63) is 20.8 Å². The highest BCUT2D eigenvalue weighted by atomic mass is 31.2. The summed E-state index contributed by atoms with van der Waals surface area (Å²) in [6.45, 7) is 1.54. The zero-order valence-corrected chi connectivity index (χ0v) is 13.7. The fourth-order valence-corrected chi connectivity index (χ4v) is 2.44. The maximum Gasteiger partial charge on any atom is 0.469 e. The Kier molecular flexibility index (Phi) is 4.76. The van der Waals surface area contributed by atoms with Gasteiger partial charge in [-0.1, -0.05) is 0 Å². The third-order valence-corrected chi connectivity index (χ3v) is 3.68. The van der Waals surface area contributed by atoms with E-state index in [1.807, 2.05) is 0 Å². The van der Waals surface area contributed by atoms with Gasteiger partial charge < -0.3 is 14.5 Å². The summed E-state index contributed by atoms with van der Waals surface area (Å²) in [5.41, 5.74) is -0.913. The fraction of sp³-hybridized carbons (Fsp3) is 0.545. The molecule has 2 aromatic heterocycles. The van der Waals surface area contributed by atoms with Crippen LogP contribution < -0.4 is 16.0 Å². The molecular formula is C11H17N4O7P. The van der Waals surface area contributed by atoms with Crippen molar-refractivity contribution in [1.82, 2.24) is 18.7 Å². The molecule has 0 fully saturated rings. The molecule has 2 rings (SSSR count). The van der Waals surface area contributed by atoms with Crippen LogP contribution in [-0.2, 0) is 29.7 Å². The van der Waals surface area contributed by atoms with Crippen LogP contribution in [-0.4, -0.2) is 41.7 Å². The van der Waals surface area contributed by atoms with Gasteiger partial charge in [-0.3, -0.25) is 23.0 Å². The topological polar surface area (TPSA) is 138 Å². The van der Waals surface area contributed by atoms with Crippen molar-refractivity contribution in [3.63, 3.8) is 0 Å². The lowest BCUT2D eigenvalue weighted by molar-refractivity contribution is 0.187. The van der Waals surface area contributed by atoms with E-state index in [0.29, 0.717) is 0 Å². The number of phosphoric ester groups is 1. The van der Waals surface area contributed by atoms with Gasteiger partial charge in [-0.2, -0.15) is 4.98 Å². The zero-order valence-electron chi connectivity index (χ0n) is 12.8. The Labute approximate surface area is 129 Å². The molecule has 12 heteroatoms. The van der Waals surface area contributed by atoms with Crippen LogP contribution in [0.15, 0.2) is 9.59 Å². The molecule has 0 unspecified atom stereocenters. The van der Waals surface area contributed by atoms with Crippen LogP contribution in [0.5, 0.6) is 6.01 Å². The number of hydrogen-bond donors (Lipinski definition) is 2. The van der Waals surface area contributed by atoms with Gasteiger partial charge in [-0.25, -0.2) is 9.36 Å². The van der Waals surface area contributed by atoms with Crippen molar-refractivity contribution in [2.75, 3.05) is 13.2 Å². The SMILES string of the molecule is CCOc1nc2c(c(=O)n(C)c(=O)n2C)n1CCOP(=O)(O)O. The predicted molar refractivity (Wildman–Crippen MR) is 79.4 cm³/mol. The minimum absolute atomic E-state index is 0.0649. The van der Waals surface area contributed by atoms with Gasteiger partial charge in [-0.05, 0) is 6.92 Å². The van der Waals surface area contributed by atoms with Gasteiger partial charge in [-0.15, -0.1) is 0 Å². The summed E-state index contributed by atoms with van der Waals surface area (Å²) < 4.78 is 23.9. The van der Waals surface area contributed by atoms with Gasteiger partial charge >= 0.3 is 13.5 Å². The van der Waals surface area contributed by atoms with Crippen LogP contribution in [0.4, 0.5) is 0 Å². The highest BCUT2D eigenvalue weighted by Crippen LogP contribution is 2.35. The van der Waals surface area contributed by atoms with Crippen LogP contribution in [0.3, 0.4) is 0 Å². The first-order valence-electron chi connectivity index (χ1n) is 6.66. The number of aromatic nitrogens is 4. The molecule has 0 aliphatic heterocycles. The average molecular weight is 348 g/mol. The van der Waals surface area contributed by atoms with E-state index in [1.54, 1.807) is 6.92 Å². The van der Waals surface area contributed by atoms with Crippen LogP contribution in [0.2, 0.25) is 0 Å². The van der Waals surface area contributed by atoms with Crippen molar-refractivity contribution >= 4 is 19.0 Å². The van der Waals surface area contributed by atoms with E-state index < -0.39 is 19.1 Å². The summed E-state index contributed by atoms with van der Waals surface area (Å²) in [5.74, 6) is 0. The number of rotatable bonds is 6. The number of phosphoric acid groups is 1. The quantitative estimate of drug-likeness (QED) is 0.630. The first-order valence-corrected chi connectivity index (χ1v) is 8.19. The van der Waals surface area contributed by atoms with E-state index >= 15 is 0 Å². The summed E-state index contributed by atoms with van der Waals surface area (Å²) >= 11 is 0. The molecule has 0 aliphatic carbocycles. The number of ether oxygens (including phenoxy) is 1. The van der Waals surface area contributed by atoms with Crippen LogP contribution >= 0.6 is 7.82 Å². The van der Waals surface area contributed by atoms with Crippen molar-refractivity contribution in [1.29, 1.82) is 0 Å².